The minimum absolute atomic E-state index is 0.0746. The van der Waals surface area contributed by atoms with Gasteiger partial charge in [0, 0.05) is 34.2 Å². The fraction of sp³-hybridized carbons (Fsp3) is 0. The van der Waals surface area contributed by atoms with Gasteiger partial charge in [-0.1, -0.05) is 6.07 Å². The Morgan fingerprint density at radius 2 is 1.50 bits per heavy atom. The highest BCUT2D eigenvalue weighted by atomic mass is 127. The molecule has 6 heteroatoms. The third-order valence-electron chi connectivity index (χ3n) is 2.45. The molecule has 2 rings (SSSR count). The predicted octanol–water partition coefficient (Wildman–Crippen LogP) is 4.21. The van der Waals surface area contributed by atoms with Gasteiger partial charge in [-0.25, -0.2) is 4.79 Å². The molecule has 0 aliphatic carbocycles. The number of hydrogen-bond acceptors (Lipinski definition) is 4. The van der Waals surface area contributed by atoms with Crippen molar-refractivity contribution in [3.8, 4) is 11.5 Å². The van der Waals surface area contributed by atoms with Crippen molar-refractivity contribution >= 4 is 55.4 Å². The molecule has 0 aliphatic rings. The van der Waals surface area contributed by atoms with E-state index in [1.165, 1.54) is 0 Å². The van der Waals surface area contributed by atoms with Crippen molar-refractivity contribution in [2.24, 2.45) is 0 Å². The lowest BCUT2D eigenvalue weighted by Gasteiger charge is -2.05. The first-order valence-electron chi connectivity index (χ1n) is 5.51. The molecule has 0 aliphatic heterocycles. The summed E-state index contributed by atoms with van der Waals surface area (Å²) in [5.74, 6) is 0.517. The van der Waals surface area contributed by atoms with Crippen LogP contribution in [0.3, 0.4) is 0 Å². The van der Waals surface area contributed by atoms with E-state index in [9.17, 15) is 9.59 Å². The van der Waals surface area contributed by atoms with E-state index in [4.69, 9.17) is 7.80 Å². The summed E-state index contributed by atoms with van der Waals surface area (Å²) >= 11 is 3.45. The Kier molecular flexibility index (Phi) is 5.35. The minimum atomic E-state index is -0.483. The maximum absolute atomic E-state index is 11.9. The van der Waals surface area contributed by atoms with Crippen LogP contribution in [-0.2, 0) is 0 Å². The molecule has 0 spiro atoms. The molecule has 0 atom stereocenters. The van der Waals surface area contributed by atoms with Crippen molar-refractivity contribution in [2.45, 2.75) is 0 Å². The van der Waals surface area contributed by atoms with Crippen molar-refractivity contribution in [1.29, 1.82) is 0 Å². The summed E-state index contributed by atoms with van der Waals surface area (Å²) in [5, 5.41) is 0. The maximum Gasteiger partial charge on any atom is 0.343 e. The lowest BCUT2D eigenvalue weighted by molar-refractivity contribution is 0.0734. The van der Waals surface area contributed by atoms with Crippen LogP contribution in [-0.4, -0.2) is 9.76 Å². The zero-order chi connectivity index (χ0) is 14.5. The molecule has 4 nitrogen and oxygen atoms in total. The SMILES string of the molecule is O=C(I)c1ccc(C(=O)Oc2cccc(OI)c2)cc1. The van der Waals surface area contributed by atoms with Crippen LogP contribution in [0.1, 0.15) is 20.7 Å². The molecule has 0 N–H and O–H groups in total. The van der Waals surface area contributed by atoms with Gasteiger partial charge in [0.1, 0.15) is 11.5 Å². The van der Waals surface area contributed by atoms with E-state index in [2.05, 4.69) is 0 Å². The van der Waals surface area contributed by atoms with E-state index >= 15 is 0 Å². The average Bonchev–Trinajstić information content (AvgIpc) is 2.47. The highest BCUT2D eigenvalue weighted by molar-refractivity contribution is 14.1. The second-order valence-electron chi connectivity index (χ2n) is 3.79. The van der Waals surface area contributed by atoms with Crippen molar-refractivity contribution < 1.29 is 17.4 Å². The van der Waals surface area contributed by atoms with Crippen molar-refractivity contribution in [1.82, 2.24) is 0 Å². The van der Waals surface area contributed by atoms with Gasteiger partial charge in [0.2, 0.25) is 3.79 Å². The number of esters is 1. The summed E-state index contributed by atoms with van der Waals surface area (Å²) in [4.78, 5) is 23.1. The van der Waals surface area contributed by atoms with Crippen LogP contribution in [0, 0.1) is 0 Å². The maximum atomic E-state index is 11.9. The zero-order valence-electron chi connectivity index (χ0n) is 10.0. The molecule has 102 valence electrons. The van der Waals surface area contributed by atoms with Crippen LogP contribution in [0.5, 0.6) is 11.5 Å². The molecule has 2 aromatic carbocycles. The fourth-order valence-corrected chi connectivity index (χ4v) is 2.12. The van der Waals surface area contributed by atoms with Gasteiger partial charge in [-0.15, -0.1) is 0 Å². The van der Waals surface area contributed by atoms with E-state index < -0.39 is 5.97 Å². The van der Waals surface area contributed by atoms with Crippen LogP contribution in [0.15, 0.2) is 48.5 Å². The van der Waals surface area contributed by atoms with E-state index in [1.807, 2.05) is 0 Å². The number of halogens is 2. The molecule has 0 fully saturated rings. The molecule has 20 heavy (non-hydrogen) atoms. The number of ether oxygens (including phenoxy) is 1. The molecule has 0 radical (unpaired) electrons. The smallest absolute Gasteiger partial charge is 0.343 e. The van der Waals surface area contributed by atoms with Gasteiger partial charge in [0.15, 0.2) is 23.0 Å². The first-order valence-corrected chi connectivity index (χ1v) is 7.47. The third kappa shape index (κ3) is 3.92. The second-order valence-corrected chi connectivity index (χ2v) is 5.21. The van der Waals surface area contributed by atoms with Crippen LogP contribution in [0.4, 0.5) is 0 Å². The zero-order valence-corrected chi connectivity index (χ0v) is 14.3. The Balaban J connectivity index is 2.13. The van der Waals surface area contributed by atoms with Gasteiger partial charge in [-0.2, -0.15) is 0 Å². The molecule has 2 aromatic rings. The van der Waals surface area contributed by atoms with Crippen LogP contribution < -0.4 is 7.80 Å². The Hall–Kier alpha value is -1.16. The summed E-state index contributed by atoms with van der Waals surface area (Å²) < 4.78 is 10.2. The highest BCUT2D eigenvalue weighted by Crippen LogP contribution is 2.22. The Morgan fingerprint density at radius 1 is 0.900 bits per heavy atom. The normalized spacial score (nSPS) is 9.90. The van der Waals surface area contributed by atoms with E-state index in [0.29, 0.717) is 22.6 Å². The molecule has 0 saturated heterocycles. The lowest BCUT2D eigenvalue weighted by atomic mass is 10.1. The molecule has 0 bridgehead atoms. The number of hydrogen-bond donors (Lipinski definition) is 0. The quantitative estimate of drug-likeness (QED) is 0.277. The second kappa shape index (κ2) is 7.02. The topological polar surface area (TPSA) is 52.6 Å². The molecular weight excluding hydrogens is 486 g/mol. The van der Waals surface area contributed by atoms with Crippen molar-refractivity contribution in [3.63, 3.8) is 0 Å². The van der Waals surface area contributed by atoms with Crippen LogP contribution >= 0.6 is 45.6 Å². The van der Waals surface area contributed by atoms with Crippen molar-refractivity contribution in [3.05, 3.63) is 59.7 Å². The largest absolute Gasteiger partial charge is 0.428 e. The fourth-order valence-electron chi connectivity index (χ4n) is 1.49. The molecule has 0 aromatic heterocycles. The highest BCUT2D eigenvalue weighted by Gasteiger charge is 2.10. The first kappa shape index (κ1) is 15.2. The van der Waals surface area contributed by atoms with Crippen molar-refractivity contribution in [2.75, 3.05) is 0 Å². The van der Waals surface area contributed by atoms with Crippen LogP contribution in [0.2, 0.25) is 0 Å². The Labute approximate surface area is 143 Å². The van der Waals surface area contributed by atoms with Crippen LogP contribution in [0.25, 0.3) is 0 Å². The van der Waals surface area contributed by atoms with Gasteiger partial charge in [-0.3, -0.25) is 4.79 Å². The Bertz CT molecular complexity index is 638. The predicted molar refractivity (Wildman–Crippen MR) is 90.8 cm³/mol. The first-order chi connectivity index (χ1) is 9.60. The third-order valence-corrected chi connectivity index (χ3v) is 3.58. The van der Waals surface area contributed by atoms with Gasteiger partial charge in [0.05, 0.1) is 5.56 Å². The average molecular weight is 494 g/mol. The minimum Gasteiger partial charge on any atom is -0.428 e. The molecule has 0 heterocycles. The summed E-state index contributed by atoms with van der Waals surface area (Å²) in [5.41, 5.74) is 0.926. The van der Waals surface area contributed by atoms with E-state index in [0.717, 1.165) is 0 Å². The molecular formula is C14H8I2O4. The van der Waals surface area contributed by atoms with Gasteiger partial charge < -0.3 is 7.80 Å². The van der Waals surface area contributed by atoms with Gasteiger partial charge in [-0.05, 0) is 36.4 Å². The summed E-state index contributed by atoms with van der Waals surface area (Å²) in [6.45, 7) is 0. The number of carbonyl (C=O) groups excluding carboxylic acids is 2. The monoisotopic (exact) mass is 494 g/mol. The molecule has 0 unspecified atom stereocenters. The van der Waals surface area contributed by atoms with E-state index in [-0.39, 0.29) is 3.79 Å². The number of benzene rings is 2. The molecule has 0 saturated carbocycles. The number of carbonyl (C=O) groups is 2. The summed E-state index contributed by atoms with van der Waals surface area (Å²) in [6.07, 6.45) is 0. The van der Waals surface area contributed by atoms with Gasteiger partial charge >= 0.3 is 5.97 Å². The number of rotatable bonds is 4. The molecule has 0 amide bonds. The summed E-state index contributed by atoms with van der Waals surface area (Å²) in [6, 6.07) is 13.1. The van der Waals surface area contributed by atoms with E-state index in [1.54, 1.807) is 94.1 Å². The lowest BCUT2D eigenvalue weighted by Crippen LogP contribution is -2.08. The van der Waals surface area contributed by atoms with Gasteiger partial charge in [0.25, 0.3) is 0 Å². The Morgan fingerprint density at radius 3 is 2.10 bits per heavy atom. The summed E-state index contributed by atoms with van der Waals surface area (Å²) in [7, 11) is 0. The standard InChI is InChI=1S/C14H8I2O4/c15-13(17)9-4-6-10(7-5-9)14(18)19-11-2-1-3-12(8-11)20-16/h1-8H.